The van der Waals surface area contributed by atoms with Gasteiger partial charge >= 0.3 is 5.97 Å². The highest BCUT2D eigenvalue weighted by molar-refractivity contribution is 5.97. The zero-order chi connectivity index (χ0) is 21.3. The monoisotopic (exact) mass is 404 g/mol. The summed E-state index contributed by atoms with van der Waals surface area (Å²) < 4.78 is 17.3. The first kappa shape index (κ1) is 21.4. The molecule has 2 aliphatic heterocycles. The van der Waals surface area contributed by atoms with Gasteiger partial charge in [0.05, 0.1) is 6.10 Å². The second-order valence-electron chi connectivity index (χ2n) is 8.05. The minimum atomic E-state index is -0.885. The second-order valence-corrected chi connectivity index (χ2v) is 8.05. The zero-order valence-electron chi connectivity index (χ0n) is 17.0. The third-order valence-corrected chi connectivity index (χ3v) is 5.21. The van der Waals surface area contributed by atoms with E-state index in [9.17, 15) is 20.1 Å². The number of hydrogen-bond donors (Lipinski definition) is 3. The van der Waals surface area contributed by atoms with Gasteiger partial charge in [0.15, 0.2) is 5.79 Å². The van der Waals surface area contributed by atoms with Crippen LogP contribution < -0.4 is 0 Å². The number of cyclic esters (lactones) is 1. The molecule has 1 aromatic rings. The molecule has 0 amide bonds. The van der Waals surface area contributed by atoms with Gasteiger partial charge in [0.2, 0.25) is 0 Å². The molecule has 0 radical (unpaired) electrons. The predicted molar refractivity (Wildman–Crippen MR) is 106 cm³/mol. The number of ether oxygens (including phenoxy) is 3. The summed E-state index contributed by atoms with van der Waals surface area (Å²) in [4.78, 5) is 12.7. The van der Waals surface area contributed by atoms with Gasteiger partial charge in [0.25, 0.3) is 0 Å². The molecule has 3 rings (SSSR count). The van der Waals surface area contributed by atoms with E-state index in [0.717, 1.165) is 6.07 Å². The Kier molecular flexibility index (Phi) is 6.03. The number of phenols is 2. The van der Waals surface area contributed by atoms with Crippen molar-refractivity contribution in [1.82, 2.24) is 0 Å². The molecule has 1 fully saturated rings. The van der Waals surface area contributed by atoms with Crippen LogP contribution in [0.2, 0.25) is 0 Å². The lowest BCUT2D eigenvalue weighted by Crippen LogP contribution is -2.34. The lowest BCUT2D eigenvalue weighted by atomic mass is 9.99. The number of aromatic hydroxyl groups is 2. The van der Waals surface area contributed by atoms with Crippen molar-refractivity contribution < 1.29 is 34.3 Å². The molecule has 1 aromatic carbocycles. The lowest BCUT2D eigenvalue weighted by molar-refractivity contribution is -0.152. The summed E-state index contributed by atoms with van der Waals surface area (Å²) in [5.41, 5.74) is 0.315. The van der Waals surface area contributed by atoms with Gasteiger partial charge in [-0.05, 0) is 38.8 Å². The molecule has 7 heteroatoms. The van der Waals surface area contributed by atoms with Gasteiger partial charge < -0.3 is 29.5 Å². The van der Waals surface area contributed by atoms with Crippen LogP contribution in [0.1, 0.15) is 50.0 Å². The summed E-state index contributed by atoms with van der Waals surface area (Å²) >= 11 is 0. The summed E-state index contributed by atoms with van der Waals surface area (Å²) in [5, 5.41) is 30.7. The second kappa shape index (κ2) is 8.18. The van der Waals surface area contributed by atoms with Crippen molar-refractivity contribution in [2.75, 3.05) is 0 Å². The van der Waals surface area contributed by atoms with Crippen LogP contribution in [0, 0.1) is 5.92 Å². The Morgan fingerprint density at radius 2 is 1.83 bits per heavy atom. The van der Waals surface area contributed by atoms with Crippen LogP contribution >= 0.6 is 0 Å². The standard InChI is InChI=1S/C22H28O7/c1-12-8-9-16(24)20-18(28-22(3,4)29-20)7-5-6-14-10-15(23)11-17(25)19(14)21(26)27-13(12)2/h5-6,8-13,16,18,20,23-25H,7H2,1-4H3/b6-5+,9-8-/t12-,13+,16?,18+,20?/m1/s1. The Hall–Kier alpha value is -2.35. The van der Waals surface area contributed by atoms with E-state index in [1.165, 1.54) is 6.07 Å². The van der Waals surface area contributed by atoms with Crippen LogP contribution in [0.4, 0.5) is 0 Å². The predicted octanol–water partition coefficient (Wildman–Crippen LogP) is 3.13. The van der Waals surface area contributed by atoms with Crippen molar-refractivity contribution in [2.45, 2.75) is 64.3 Å². The lowest BCUT2D eigenvalue weighted by Gasteiger charge is -2.22. The Bertz CT molecular complexity index is 827. The summed E-state index contributed by atoms with van der Waals surface area (Å²) in [6, 6.07) is 2.49. The molecular weight excluding hydrogens is 376 g/mol. The molecule has 0 aliphatic carbocycles. The number of aliphatic hydroxyl groups excluding tert-OH is 1. The van der Waals surface area contributed by atoms with Crippen molar-refractivity contribution in [3.8, 4) is 11.5 Å². The van der Waals surface area contributed by atoms with Crippen LogP contribution in [0.5, 0.6) is 11.5 Å². The Balaban J connectivity index is 2.02. The van der Waals surface area contributed by atoms with Crippen LogP contribution in [-0.2, 0) is 14.2 Å². The van der Waals surface area contributed by atoms with Crippen molar-refractivity contribution in [3.63, 3.8) is 0 Å². The number of phenolic OH excluding ortho intramolecular Hbond substituents is 2. The molecule has 2 heterocycles. The molecule has 0 bridgehead atoms. The SMILES string of the molecule is C[C@@H]1/C=C\C(O)C2OC(C)(C)O[C@H]2C/C=C/c2cc(O)cc(O)c2C(=O)O[C@H]1C. The molecule has 7 nitrogen and oxygen atoms in total. The number of carbonyl (C=O) groups excluding carboxylic acids is 1. The first-order valence-electron chi connectivity index (χ1n) is 9.73. The van der Waals surface area contributed by atoms with Crippen molar-refractivity contribution in [1.29, 1.82) is 0 Å². The van der Waals surface area contributed by atoms with Gasteiger partial charge in [-0.15, -0.1) is 0 Å². The summed E-state index contributed by atoms with van der Waals surface area (Å²) in [6.07, 6.45) is 4.82. The molecule has 0 aromatic heterocycles. The highest BCUT2D eigenvalue weighted by atomic mass is 16.8. The highest BCUT2D eigenvalue weighted by Gasteiger charge is 2.43. The largest absolute Gasteiger partial charge is 0.508 e. The molecule has 0 spiro atoms. The van der Waals surface area contributed by atoms with Crippen LogP contribution in [0.3, 0.4) is 0 Å². The fraction of sp³-hybridized carbons (Fsp3) is 0.500. The topological polar surface area (TPSA) is 105 Å². The molecule has 3 N–H and O–H groups in total. The van der Waals surface area contributed by atoms with Gasteiger partial charge in [0.1, 0.15) is 35.4 Å². The number of aliphatic hydroxyl groups is 1. The van der Waals surface area contributed by atoms with Crippen LogP contribution in [0.25, 0.3) is 6.08 Å². The molecule has 158 valence electrons. The number of carbonyl (C=O) groups is 1. The van der Waals surface area contributed by atoms with Gasteiger partial charge in [-0.3, -0.25) is 0 Å². The maximum atomic E-state index is 12.7. The van der Waals surface area contributed by atoms with Crippen LogP contribution in [0.15, 0.2) is 30.4 Å². The van der Waals surface area contributed by atoms with Crippen molar-refractivity contribution in [3.05, 3.63) is 41.5 Å². The molecular formula is C22H28O7. The third-order valence-electron chi connectivity index (χ3n) is 5.21. The number of benzene rings is 1. The fourth-order valence-electron chi connectivity index (χ4n) is 3.54. The minimum Gasteiger partial charge on any atom is -0.508 e. The van der Waals surface area contributed by atoms with E-state index in [0.29, 0.717) is 12.0 Å². The van der Waals surface area contributed by atoms with Crippen LogP contribution in [-0.4, -0.2) is 51.5 Å². The molecule has 29 heavy (non-hydrogen) atoms. The first-order chi connectivity index (χ1) is 13.6. The average molecular weight is 404 g/mol. The number of hydrogen-bond acceptors (Lipinski definition) is 7. The van der Waals surface area contributed by atoms with E-state index in [1.54, 1.807) is 45.1 Å². The first-order valence-corrected chi connectivity index (χ1v) is 9.73. The van der Waals surface area contributed by atoms with E-state index >= 15 is 0 Å². The average Bonchev–Trinajstić information content (AvgIpc) is 2.92. The zero-order valence-corrected chi connectivity index (χ0v) is 17.0. The molecule has 2 unspecified atom stereocenters. The number of esters is 1. The molecule has 0 saturated carbocycles. The minimum absolute atomic E-state index is 0.0142. The number of fused-ring (bicyclic) bond motifs is 2. The highest BCUT2D eigenvalue weighted by Crippen LogP contribution is 2.34. The quantitative estimate of drug-likeness (QED) is 0.451. The molecule has 5 atom stereocenters. The maximum absolute atomic E-state index is 12.7. The van der Waals surface area contributed by atoms with Crippen molar-refractivity contribution in [2.24, 2.45) is 5.92 Å². The third kappa shape index (κ3) is 4.80. The fourth-order valence-corrected chi connectivity index (χ4v) is 3.54. The van der Waals surface area contributed by atoms with Gasteiger partial charge in [-0.2, -0.15) is 0 Å². The molecule has 2 aliphatic rings. The van der Waals surface area contributed by atoms with Gasteiger partial charge in [-0.25, -0.2) is 4.79 Å². The number of rotatable bonds is 0. The maximum Gasteiger partial charge on any atom is 0.342 e. The van der Waals surface area contributed by atoms with E-state index < -0.39 is 36.2 Å². The molecule has 1 saturated heterocycles. The van der Waals surface area contributed by atoms with Gasteiger partial charge in [-0.1, -0.05) is 31.2 Å². The van der Waals surface area contributed by atoms with E-state index in [2.05, 4.69) is 0 Å². The Morgan fingerprint density at radius 3 is 2.55 bits per heavy atom. The smallest absolute Gasteiger partial charge is 0.342 e. The summed E-state index contributed by atoms with van der Waals surface area (Å²) in [5.74, 6) is -2.24. The Morgan fingerprint density at radius 1 is 1.10 bits per heavy atom. The summed E-state index contributed by atoms with van der Waals surface area (Å²) in [7, 11) is 0. The van der Waals surface area contributed by atoms with Gasteiger partial charge in [0, 0.05) is 12.0 Å². The van der Waals surface area contributed by atoms with E-state index in [4.69, 9.17) is 14.2 Å². The van der Waals surface area contributed by atoms with E-state index in [1.807, 2.05) is 6.92 Å². The normalized spacial score (nSPS) is 34.4. The Labute approximate surface area is 170 Å². The summed E-state index contributed by atoms with van der Waals surface area (Å²) in [6.45, 7) is 7.17. The van der Waals surface area contributed by atoms with Crippen molar-refractivity contribution >= 4 is 12.0 Å². The van der Waals surface area contributed by atoms with E-state index in [-0.39, 0.29) is 23.0 Å².